The van der Waals surface area contributed by atoms with E-state index < -0.39 is 23.7 Å². The maximum atomic E-state index is 13.4. The highest BCUT2D eigenvalue weighted by atomic mass is 19.2. The molecule has 0 aliphatic carbocycles. The van der Waals surface area contributed by atoms with Crippen molar-refractivity contribution in [1.82, 2.24) is 0 Å². The Hall–Kier alpha value is -1.41. The average Bonchev–Trinajstić information content (AvgIpc) is 2.71. The summed E-state index contributed by atoms with van der Waals surface area (Å²) in [5.74, 6) is -3.41. The van der Waals surface area contributed by atoms with Crippen molar-refractivity contribution in [2.75, 3.05) is 26.4 Å². The summed E-state index contributed by atoms with van der Waals surface area (Å²) in [7, 11) is 0. The van der Waals surface area contributed by atoms with E-state index in [2.05, 4.69) is 6.58 Å². The number of halogens is 3. The zero-order valence-corrected chi connectivity index (χ0v) is 15.9. The average molecular weight is 400 g/mol. The van der Waals surface area contributed by atoms with E-state index in [1.807, 2.05) is 6.08 Å². The molecule has 0 unspecified atom stereocenters. The van der Waals surface area contributed by atoms with Crippen LogP contribution in [-0.4, -0.2) is 32.7 Å². The lowest BCUT2D eigenvalue weighted by Crippen LogP contribution is -2.33. The Morgan fingerprint density at radius 2 is 1.43 bits per heavy atom. The molecule has 2 aliphatic rings. The number of ether oxygens (including phenoxy) is 4. The van der Waals surface area contributed by atoms with Gasteiger partial charge >= 0.3 is 0 Å². The van der Waals surface area contributed by atoms with E-state index in [4.69, 9.17) is 18.9 Å². The van der Waals surface area contributed by atoms with Crippen LogP contribution in [0.15, 0.2) is 24.8 Å². The second-order valence-electron chi connectivity index (χ2n) is 7.42. The standard InChI is InChI=1S/C21H27F3O4/c1-2-3-4-5-14-10-25-19(26-11-14)7-6-15-12-27-21(28-13-15)16-8-17(22)20(24)18(23)9-16/h2,8-9,14-15,19,21H,1,3-7,10-13H2/t14-,15-,19-,21-. The number of unbranched alkanes of at least 4 members (excludes halogenated alkanes) is 1. The Morgan fingerprint density at radius 3 is 2.04 bits per heavy atom. The number of hydrogen-bond donors (Lipinski definition) is 0. The van der Waals surface area contributed by atoms with Gasteiger partial charge in [0.05, 0.1) is 26.4 Å². The first-order chi connectivity index (χ1) is 13.6. The van der Waals surface area contributed by atoms with Crippen LogP contribution in [-0.2, 0) is 18.9 Å². The molecular weight excluding hydrogens is 373 g/mol. The predicted octanol–water partition coefficient (Wildman–Crippen LogP) is 4.89. The van der Waals surface area contributed by atoms with Gasteiger partial charge in [-0.2, -0.15) is 0 Å². The molecule has 28 heavy (non-hydrogen) atoms. The molecule has 1 aromatic rings. The van der Waals surface area contributed by atoms with Gasteiger partial charge in [-0.05, 0) is 44.2 Å². The van der Waals surface area contributed by atoms with Crippen molar-refractivity contribution in [3.8, 4) is 0 Å². The molecule has 7 heteroatoms. The molecular formula is C21H27F3O4. The van der Waals surface area contributed by atoms with E-state index in [0.717, 1.165) is 44.2 Å². The summed E-state index contributed by atoms with van der Waals surface area (Å²) in [6.45, 7) is 5.93. The quantitative estimate of drug-likeness (QED) is 0.354. The minimum Gasteiger partial charge on any atom is -0.352 e. The molecule has 0 radical (unpaired) electrons. The number of benzene rings is 1. The van der Waals surface area contributed by atoms with Crippen LogP contribution >= 0.6 is 0 Å². The van der Waals surface area contributed by atoms with E-state index >= 15 is 0 Å². The fourth-order valence-corrected chi connectivity index (χ4v) is 3.45. The SMILES string of the molecule is C=CCCC[C@H]1CO[C@H](CC[C@H]2CO[C@H](c3cc(F)c(F)c(F)c3)OC2)OC1. The summed E-state index contributed by atoms with van der Waals surface area (Å²) in [4.78, 5) is 0. The molecule has 0 aromatic heterocycles. The first-order valence-electron chi connectivity index (χ1n) is 9.78. The normalized spacial score (nSPS) is 28.2. The monoisotopic (exact) mass is 400 g/mol. The highest BCUT2D eigenvalue weighted by molar-refractivity contribution is 5.20. The first-order valence-corrected chi connectivity index (χ1v) is 9.78. The van der Waals surface area contributed by atoms with Gasteiger partial charge in [0, 0.05) is 17.4 Å². The van der Waals surface area contributed by atoms with Gasteiger partial charge in [0.15, 0.2) is 30.0 Å². The zero-order valence-electron chi connectivity index (χ0n) is 15.9. The summed E-state index contributed by atoms with van der Waals surface area (Å²) in [6, 6.07) is 1.80. The first kappa shape index (κ1) is 21.3. The van der Waals surface area contributed by atoms with Crippen molar-refractivity contribution in [2.45, 2.75) is 44.7 Å². The smallest absolute Gasteiger partial charge is 0.194 e. The number of rotatable bonds is 8. The highest BCUT2D eigenvalue weighted by Gasteiger charge is 2.28. The van der Waals surface area contributed by atoms with Gasteiger partial charge < -0.3 is 18.9 Å². The molecule has 4 nitrogen and oxygen atoms in total. The number of allylic oxidation sites excluding steroid dienone is 1. The van der Waals surface area contributed by atoms with Gasteiger partial charge in [0.1, 0.15) is 0 Å². The van der Waals surface area contributed by atoms with Crippen molar-refractivity contribution in [3.05, 3.63) is 47.8 Å². The summed E-state index contributed by atoms with van der Waals surface area (Å²) in [6.07, 6.45) is 5.55. The summed E-state index contributed by atoms with van der Waals surface area (Å²) in [5.41, 5.74) is 0.135. The fraction of sp³-hybridized carbons (Fsp3) is 0.619. The van der Waals surface area contributed by atoms with E-state index in [9.17, 15) is 13.2 Å². The van der Waals surface area contributed by atoms with Crippen LogP contribution in [0.4, 0.5) is 13.2 Å². The molecule has 1 aromatic carbocycles. The molecule has 0 atom stereocenters. The molecule has 2 aliphatic heterocycles. The molecule has 0 saturated carbocycles. The van der Waals surface area contributed by atoms with Gasteiger partial charge in [-0.15, -0.1) is 6.58 Å². The minimum atomic E-state index is -1.49. The summed E-state index contributed by atoms with van der Waals surface area (Å²) >= 11 is 0. The Labute approximate surface area is 163 Å². The van der Waals surface area contributed by atoms with Gasteiger partial charge in [-0.3, -0.25) is 0 Å². The molecule has 156 valence electrons. The van der Waals surface area contributed by atoms with Crippen LogP contribution in [0.2, 0.25) is 0 Å². The van der Waals surface area contributed by atoms with Crippen molar-refractivity contribution in [1.29, 1.82) is 0 Å². The minimum absolute atomic E-state index is 0.135. The Kier molecular flexibility index (Phi) is 7.91. The van der Waals surface area contributed by atoms with Crippen LogP contribution in [0.25, 0.3) is 0 Å². The highest BCUT2D eigenvalue weighted by Crippen LogP contribution is 2.29. The van der Waals surface area contributed by atoms with Crippen LogP contribution < -0.4 is 0 Å². The van der Waals surface area contributed by atoms with Gasteiger partial charge in [-0.1, -0.05) is 6.08 Å². The Balaban J connectivity index is 1.36. The van der Waals surface area contributed by atoms with Crippen molar-refractivity contribution < 1.29 is 32.1 Å². The lowest BCUT2D eigenvalue weighted by molar-refractivity contribution is -0.220. The molecule has 2 saturated heterocycles. The Morgan fingerprint density at radius 1 is 0.857 bits per heavy atom. The topological polar surface area (TPSA) is 36.9 Å². The third-order valence-electron chi connectivity index (χ3n) is 5.11. The third-order valence-corrected chi connectivity index (χ3v) is 5.11. The number of hydrogen-bond acceptors (Lipinski definition) is 4. The van der Waals surface area contributed by atoms with Crippen LogP contribution in [0.1, 0.15) is 44.0 Å². The molecule has 0 N–H and O–H groups in total. The van der Waals surface area contributed by atoms with E-state index in [1.165, 1.54) is 0 Å². The molecule has 0 amide bonds. The van der Waals surface area contributed by atoms with E-state index in [1.54, 1.807) is 0 Å². The van der Waals surface area contributed by atoms with Crippen molar-refractivity contribution in [3.63, 3.8) is 0 Å². The fourth-order valence-electron chi connectivity index (χ4n) is 3.45. The van der Waals surface area contributed by atoms with Gasteiger partial charge in [-0.25, -0.2) is 13.2 Å². The third kappa shape index (κ3) is 5.80. The van der Waals surface area contributed by atoms with Crippen LogP contribution in [0.3, 0.4) is 0 Å². The second kappa shape index (κ2) is 10.4. The maximum Gasteiger partial charge on any atom is 0.194 e. The van der Waals surface area contributed by atoms with Crippen LogP contribution in [0, 0.1) is 29.3 Å². The maximum absolute atomic E-state index is 13.4. The van der Waals surface area contributed by atoms with E-state index in [-0.39, 0.29) is 17.8 Å². The second-order valence-corrected chi connectivity index (χ2v) is 7.42. The molecule has 0 bridgehead atoms. The Bertz CT molecular complexity index is 616. The van der Waals surface area contributed by atoms with Gasteiger partial charge in [0.25, 0.3) is 0 Å². The molecule has 3 rings (SSSR count). The summed E-state index contributed by atoms with van der Waals surface area (Å²) < 4.78 is 62.5. The van der Waals surface area contributed by atoms with E-state index in [0.29, 0.717) is 32.3 Å². The molecule has 2 heterocycles. The molecule has 2 fully saturated rings. The summed E-state index contributed by atoms with van der Waals surface area (Å²) in [5, 5.41) is 0. The van der Waals surface area contributed by atoms with Gasteiger partial charge in [0.2, 0.25) is 0 Å². The van der Waals surface area contributed by atoms with Crippen LogP contribution in [0.5, 0.6) is 0 Å². The van der Waals surface area contributed by atoms with Crippen molar-refractivity contribution in [2.24, 2.45) is 11.8 Å². The molecule has 0 spiro atoms. The zero-order chi connectivity index (χ0) is 19.9. The lowest BCUT2D eigenvalue weighted by Gasteiger charge is -2.32. The van der Waals surface area contributed by atoms with Crippen molar-refractivity contribution >= 4 is 0 Å². The predicted molar refractivity (Wildman–Crippen MR) is 96.9 cm³/mol. The largest absolute Gasteiger partial charge is 0.352 e. The lowest BCUT2D eigenvalue weighted by atomic mass is 10.0.